The van der Waals surface area contributed by atoms with Gasteiger partial charge in [-0.3, -0.25) is 9.78 Å². The second-order valence-electron chi connectivity index (χ2n) is 4.25. The molecule has 1 aliphatic rings. The number of aromatic nitrogens is 1. The number of aryl methyl sites for hydroxylation is 1. The number of anilines is 1. The number of nitrogens with one attached hydrogen (secondary N) is 2. The number of carbonyl (C=O) groups excluding carboxylic acids is 1. The number of carbonyl (C=O) groups is 1. The van der Waals surface area contributed by atoms with E-state index in [0.29, 0.717) is 13.2 Å². The highest BCUT2D eigenvalue weighted by Gasteiger charge is 2.28. The van der Waals surface area contributed by atoms with Crippen molar-refractivity contribution in [2.24, 2.45) is 0 Å². The van der Waals surface area contributed by atoms with E-state index < -0.39 is 0 Å². The van der Waals surface area contributed by atoms with E-state index in [-0.39, 0.29) is 42.9 Å². The largest absolute Gasteiger partial charge is 0.375 e. The third-order valence-electron chi connectivity index (χ3n) is 2.74. The average Bonchev–Trinajstić information content (AvgIpc) is 2.29. The first-order valence-electron chi connectivity index (χ1n) is 5.74. The molecule has 1 fully saturated rings. The van der Waals surface area contributed by atoms with Crippen LogP contribution in [0.15, 0.2) is 18.5 Å². The fourth-order valence-corrected chi connectivity index (χ4v) is 1.87. The minimum absolute atomic E-state index is 0. The third kappa shape index (κ3) is 4.95. The summed E-state index contributed by atoms with van der Waals surface area (Å²) in [7, 11) is 0. The van der Waals surface area contributed by atoms with E-state index in [1.54, 1.807) is 12.4 Å². The first-order valence-corrected chi connectivity index (χ1v) is 5.74. The summed E-state index contributed by atoms with van der Waals surface area (Å²) in [5, 5.41) is 5.98. The van der Waals surface area contributed by atoms with Crippen LogP contribution in [0.5, 0.6) is 0 Å². The van der Waals surface area contributed by atoms with Gasteiger partial charge >= 0.3 is 0 Å². The number of nitrogens with zero attached hydrogens (tertiary/aromatic N) is 1. The maximum Gasteiger partial charge on any atom is 0.244 e. The summed E-state index contributed by atoms with van der Waals surface area (Å²) in [6, 6.07) is 1.59. The van der Waals surface area contributed by atoms with Gasteiger partial charge in [0.1, 0.15) is 6.04 Å². The van der Waals surface area contributed by atoms with Crippen LogP contribution >= 0.6 is 24.8 Å². The Labute approximate surface area is 125 Å². The lowest BCUT2D eigenvalue weighted by Gasteiger charge is -2.29. The second kappa shape index (κ2) is 8.32. The zero-order valence-corrected chi connectivity index (χ0v) is 12.5. The molecule has 1 saturated heterocycles. The maximum absolute atomic E-state index is 12.0. The number of halogens is 2. The molecule has 2 N–H and O–H groups in total. The first kappa shape index (κ1) is 18.1. The molecule has 1 aliphatic heterocycles. The van der Waals surface area contributed by atoms with E-state index in [2.05, 4.69) is 15.6 Å². The number of ether oxygens (including phenoxy) is 1. The van der Waals surface area contributed by atoms with Gasteiger partial charge in [-0.05, 0) is 25.5 Å². The monoisotopic (exact) mass is 307 g/mol. The minimum atomic E-state index is -0.302. The fraction of sp³-hybridized carbons (Fsp3) is 0.500. The van der Waals surface area contributed by atoms with Gasteiger partial charge < -0.3 is 15.4 Å². The molecule has 1 aromatic heterocycles. The molecule has 1 amide bonds. The molecular weight excluding hydrogens is 289 g/mol. The van der Waals surface area contributed by atoms with Crippen LogP contribution in [-0.4, -0.2) is 36.2 Å². The average molecular weight is 308 g/mol. The van der Waals surface area contributed by atoms with Gasteiger partial charge in [0, 0.05) is 12.7 Å². The SMILES string of the molecule is Cc1cncc(NC(=O)[C@H]2NCCO[C@@H]2C)c1.Cl.Cl. The molecule has 7 heteroatoms. The van der Waals surface area contributed by atoms with Crippen molar-refractivity contribution in [3.63, 3.8) is 0 Å². The normalized spacial score (nSPS) is 21.8. The highest BCUT2D eigenvalue weighted by molar-refractivity contribution is 5.95. The molecule has 108 valence electrons. The van der Waals surface area contributed by atoms with Crippen molar-refractivity contribution in [2.75, 3.05) is 18.5 Å². The summed E-state index contributed by atoms with van der Waals surface area (Å²) in [6.07, 6.45) is 3.28. The molecule has 2 rings (SSSR count). The van der Waals surface area contributed by atoms with Crippen molar-refractivity contribution in [3.8, 4) is 0 Å². The summed E-state index contributed by atoms with van der Waals surface area (Å²) >= 11 is 0. The molecule has 0 unspecified atom stereocenters. The standard InChI is InChI=1S/C12H17N3O2.2ClH/c1-8-5-10(7-13-6-8)15-12(16)11-9(2)17-4-3-14-11;;/h5-7,9,11,14H,3-4H2,1-2H3,(H,15,16);2*1H/t9-,11+;;/m1../s1. The van der Waals surface area contributed by atoms with Gasteiger partial charge in [0.25, 0.3) is 0 Å². The van der Waals surface area contributed by atoms with Crippen LogP contribution in [0.4, 0.5) is 5.69 Å². The molecule has 0 spiro atoms. The third-order valence-corrected chi connectivity index (χ3v) is 2.74. The number of amides is 1. The molecular formula is C12H19Cl2N3O2. The van der Waals surface area contributed by atoms with E-state index in [1.165, 1.54) is 0 Å². The number of hydrogen-bond acceptors (Lipinski definition) is 4. The Morgan fingerprint density at radius 3 is 2.84 bits per heavy atom. The van der Waals surface area contributed by atoms with E-state index in [0.717, 1.165) is 11.3 Å². The Balaban J connectivity index is 0.00000162. The minimum Gasteiger partial charge on any atom is -0.375 e. The molecule has 2 atom stereocenters. The molecule has 1 aromatic rings. The fourth-order valence-electron chi connectivity index (χ4n) is 1.87. The first-order chi connectivity index (χ1) is 8.16. The Kier molecular flexibility index (Phi) is 7.94. The predicted octanol–water partition coefficient (Wildman–Crippen LogP) is 1.55. The van der Waals surface area contributed by atoms with Gasteiger partial charge in [0.15, 0.2) is 0 Å². The quantitative estimate of drug-likeness (QED) is 0.870. The zero-order chi connectivity index (χ0) is 12.3. The van der Waals surface area contributed by atoms with Crippen molar-refractivity contribution in [1.82, 2.24) is 10.3 Å². The summed E-state index contributed by atoms with van der Waals surface area (Å²) in [4.78, 5) is 16.0. The van der Waals surface area contributed by atoms with Crippen LogP contribution in [0, 0.1) is 6.92 Å². The Morgan fingerprint density at radius 1 is 1.47 bits per heavy atom. The highest BCUT2D eigenvalue weighted by atomic mass is 35.5. The van der Waals surface area contributed by atoms with Crippen molar-refractivity contribution in [1.29, 1.82) is 0 Å². The molecule has 2 heterocycles. The summed E-state index contributed by atoms with van der Waals surface area (Å²) < 4.78 is 5.43. The van der Waals surface area contributed by atoms with Gasteiger partial charge in [-0.25, -0.2) is 0 Å². The molecule has 0 saturated carbocycles. The number of morpholine rings is 1. The van der Waals surface area contributed by atoms with Crippen molar-refractivity contribution < 1.29 is 9.53 Å². The van der Waals surface area contributed by atoms with Gasteiger partial charge in [-0.2, -0.15) is 0 Å². The Bertz CT molecular complexity index is 418. The van der Waals surface area contributed by atoms with Crippen LogP contribution < -0.4 is 10.6 Å². The van der Waals surface area contributed by atoms with E-state index in [4.69, 9.17) is 4.74 Å². The summed E-state index contributed by atoms with van der Waals surface area (Å²) in [6.45, 7) is 5.18. The lowest BCUT2D eigenvalue weighted by atomic mass is 10.1. The van der Waals surface area contributed by atoms with E-state index in [9.17, 15) is 4.79 Å². The van der Waals surface area contributed by atoms with Crippen molar-refractivity contribution in [2.45, 2.75) is 26.0 Å². The molecule has 0 bridgehead atoms. The Hall–Kier alpha value is -0.880. The zero-order valence-electron chi connectivity index (χ0n) is 10.9. The van der Waals surface area contributed by atoms with Gasteiger partial charge in [-0.1, -0.05) is 0 Å². The number of hydrogen-bond donors (Lipinski definition) is 2. The van der Waals surface area contributed by atoms with E-state index >= 15 is 0 Å². The van der Waals surface area contributed by atoms with Crippen LogP contribution in [0.2, 0.25) is 0 Å². The summed E-state index contributed by atoms with van der Waals surface area (Å²) in [5.74, 6) is -0.0791. The molecule has 19 heavy (non-hydrogen) atoms. The van der Waals surface area contributed by atoms with Crippen LogP contribution in [0.3, 0.4) is 0 Å². The molecule has 0 radical (unpaired) electrons. The highest BCUT2D eigenvalue weighted by Crippen LogP contribution is 2.10. The van der Waals surface area contributed by atoms with Gasteiger partial charge in [-0.15, -0.1) is 24.8 Å². The second-order valence-corrected chi connectivity index (χ2v) is 4.25. The lowest BCUT2D eigenvalue weighted by molar-refractivity contribution is -0.123. The van der Waals surface area contributed by atoms with Crippen LogP contribution in [0.25, 0.3) is 0 Å². The van der Waals surface area contributed by atoms with Crippen LogP contribution in [-0.2, 0) is 9.53 Å². The smallest absolute Gasteiger partial charge is 0.244 e. The van der Waals surface area contributed by atoms with Crippen molar-refractivity contribution >= 4 is 36.4 Å². The Morgan fingerprint density at radius 2 is 2.21 bits per heavy atom. The van der Waals surface area contributed by atoms with E-state index in [1.807, 2.05) is 19.9 Å². The molecule has 0 aromatic carbocycles. The maximum atomic E-state index is 12.0. The van der Waals surface area contributed by atoms with Crippen LogP contribution in [0.1, 0.15) is 12.5 Å². The molecule has 0 aliphatic carbocycles. The topological polar surface area (TPSA) is 63.2 Å². The van der Waals surface area contributed by atoms with Gasteiger partial charge in [0.05, 0.1) is 24.6 Å². The summed E-state index contributed by atoms with van der Waals surface area (Å²) in [5.41, 5.74) is 1.73. The lowest BCUT2D eigenvalue weighted by Crippen LogP contribution is -2.53. The number of rotatable bonds is 2. The number of pyridine rings is 1. The van der Waals surface area contributed by atoms with Crippen molar-refractivity contribution in [3.05, 3.63) is 24.0 Å². The predicted molar refractivity (Wildman–Crippen MR) is 79.3 cm³/mol. The van der Waals surface area contributed by atoms with Gasteiger partial charge in [0.2, 0.25) is 5.91 Å². The molecule has 5 nitrogen and oxygen atoms in total.